The van der Waals surface area contributed by atoms with Gasteiger partial charge in [0.05, 0.1) is 5.69 Å². The Morgan fingerprint density at radius 2 is 1.95 bits per heavy atom. The average molecular weight is 255 g/mol. The van der Waals surface area contributed by atoms with Gasteiger partial charge in [-0.2, -0.15) is 0 Å². The molecule has 100 valence electrons. The maximum atomic E-state index is 4.53. The largest absolute Gasteiger partial charge is 0.373 e. The lowest BCUT2D eigenvalue weighted by atomic mass is 9.96. The lowest BCUT2D eigenvalue weighted by Gasteiger charge is -2.14. The van der Waals surface area contributed by atoms with Gasteiger partial charge in [-0.05, 0) is 31.4 Å². The summed E-state index contributed by atoms with van der Waals surface area (Å²) in [6, 6.07) is 6.37. The molecule has 1 N–H and O–H groups in total. The normalized spacial score (nSPS) is 10.5. The van der Waals surface area contributed by atoms with Crippen LogP contribution in [0.5, 0.6) is 0 Å². The molecule has 0 saturated heterocycles. The minimum atomic E-state index is 0.938. The SMILES string of the molecule is CCCc1c(NC)ncnc1-c1cccc(C)c1C. The van der Waals surface area contributed by atoms with Crippen molar-refractivity contribution in [2.45, 2.75) is 33.6 Å². The molecule has 1 aromatic heterocycles. The Bertz CT molecular complexity index is 576. The van der Waals surface area contributed by atoms with Crippen molar-refractivity contribution < 1.29 is 0 Å². The van der Waals surface area contributed by atoms with Crippen LogP contribution >= 0.6 is 0 Å². The molecule has 1 aromatic carbocycles. The molecule has 0 unspecified atom stereocenters. The first-order chi connectivity index (χ1) is 9.19. The number of nitrogens with one attached hydrogen (secondary N) is 1. The first kappa shape index (κ1) is 13.5. The first-order valence-corrected chi connectivity index (χ1v) is 6.77. The predicted molar refractivity (Wildman–Crippen MR) is 80.5 cm³/mol. The molecule has 0 aliphatic carbocycles. The summed E-state index contributed by atoms with van der Waals surface area (Å²) in [5, 5.41) is 3.17. The molecule has 0 saturated carbocycles. The van der Waals surface area contributed by atoms with E-state index in [9.17, 15) is 0 Å². The van der Waals surface area contributed by atoms with Crippen LogP contribution in [-0.4, -0.2) is 17.0 Å². The molecular formula is C16H21N3. The topological polar surface area (TPSA) is 37.8 Å². The van der Waals surface area contributed by atoms with Crippen LogP contribution in [-0.2, 0) is 6.42 Å². The fourth-order valence-corrected chi connectivity index (χ4v) is 2.35. The molecule has 0 amide bonds. The molecule has 1 heterocycles. The van der Waals surface area contributed by atoms with Gasteiger partial charge in [-0.15, -0.1) is 0 Å². The highest BCUT2D eigenvalue weighted by Gasteiger charge is 2.13. The van der Waals surface area contributed by atoms with Gasteiger partial charge in [-0.1, -0.05) is 31.5 Å². The van der Waals surface area contributed by atoms with Crippen LogP contribution in [0.15, 0.2) is 24.5 Å². The van der Waals surface area contributed by atoms with E-state index in [1.165, 1.54) is 22.3 Å². The Balaban J connectivity index is 2.64. The Kier molecular flexibility index (Phi) is 4.15. The number of aromatic nitrogens is 2. The van der Waals surface area contributed by atoms with E-state index >= 15 is 0 Å². The highest BCUT2D eigenvalue weighted by Crippen LogP contribution is 2.30. The van der Waals surface area contributed by atoms with E-state index in [2.05, 4.69) is 54.3 Å². The number of nitrogens with zero attached hydrogens (tertiary/aromatic N) is 2. The molecule has 0 aliphatic rings. The summed E-state index contributed by atoms with van der Waals surface area (Å²) < 4.78 is 0. The average Bonchev–Trinajstić information content (AvgIpc) is 2.43. The predicted octanol–water partition coefficient (Wildman–Crippen LogP) is 3.75. The highest BCUT2D eigenvalue weighted by molar-refractivity contribution is 5.71. The molecule has 0 aliphatic heterocycles. The molecule has 3 heteroatoms. The quantitative estimate of drug-likeness (QED) is 0.904. The number of hydrogen-bond acceptors (Lipinski definition) is 3. The van der Waals surface area contributed by atoms with Gasteiger partial charge < -0.3 is 5.32 Å². The van der Waals surface area contributed by atoms with Crippen molar-refractivity contribution in [1.82, 2.24) is 9.97 Å². The maximum Gasteiger partial charge on any atom is 0.132 e. The van der Waals surface area contributed by atoms with E-state index < -0.39 is 0 Å². The summed E-state index contributed by atoms with van der Waals surface area (Å²) >= 11 is 0. The van der Waals surface area contributed by atoms with Gasteiger partial charge in [0.1, 0.15) is 12.1 Å². The fraction of sp³-hybridized carbons (Fsp3) is 0.375. The smallest absolute Gasteiger partial charge is 0.132 e. The zero-order valence-corrected chi connectivity index (χ0v) is 12.1. The fourth-order valence-electron chi connectivity index (χ4n) is 2.35. The molecular weight excluding hydrogens is 234 g/mol. The second kappa shape index (κ2) is 5.83. The molecule has 3 nitrogen and oxygen atoms in total. The Labute approximate surface area is 115 Å². The zero-order chi connectivity index (χ0) is 13.8. The van der Waals surface area contributed by atoms with Crippen molar-refractivity contribution in [3.05, 3.63) is 41.2 Å². The molecule has 2 rings (SSSR count). The van der Waals surface area contributed by atoms with Crippen molar-refractivity contribution >= 4 is 5.82 Å². The lowest BCUT2D eigenvalue weighted by molar-refractivity contribution is 0.905. The molecule has 19 heavy (non-hydrogen) atoms. The number of aryl methyl sites for hydroxylation is 1. The van der Waals surface area contributed by atoms with Gasteiger partial charge in [-0.25, -0.2) is 9.97 Å². The van der Waals surface area contributed by atoms with Gasteiger partial charge in [0.15, 0.2) is 0 Å². The summed E-state index contributed by atoms with van der Waals surface area (Å²) in [7, 11) is 1.91. The van der Waals surface area contributed by atoms with Crippen LogP contribution in [0.2, 0.25) is 0 Å². The van der Waals surface area contributed by atoms with Crippen molar-refractivity contribution in [2.75, 3.05) is 12.4 Å². The minimum Gasteiger partial charge on any atom is -0.373 e. The summed E-state index contributed by atoms with van der Waals surface area (Å²) in [5.74, 6) is 0.938. The van der Waals surface area contributed by atoms with Crippen molar-refractivity contribution in [2.24, 2.45) is 0 Å². The van der Waals surface area contributed by atoms with Crippen LogP contribution in [0.1, 0.15) is 30.0 Å². The van der Waals surface area contributed by atoms with Gasteiger partial charge in [-0.3, -0.25) is 0 Å². The van der Waals surface area contributed by atoms with Gasteiger partial charge in [0.2, 0.25) is 0 Å². The van der Waals surface area contributed by atoms with Crippen molar-refractivity contribution in [3.63, 3.8) is 0 Å². The van der Waals surface area contributed by atoms with Crippen LogP contribution in [0.25, 0.3) is 11.3 Å². The van der Waals surface area contributed by atoms with Crippen molar-refractivity contribution in [1.29, 1.82) is 0 Å². The minimum absolute atomic E-state index is 0.938. The third kappa shape index (κ3) is 2.60. The summed E-state index contributed by atoms with van der Waals surface area (Å²) in [6.07, 6.45) is 3.71. The highest BCUT2D eigenvalue weighted by atomic mass is 15.0. The van der Waals surface area contributed by atoms with Crippen molar-refractivity contribution in [3.8, 4) is 11.3 Å². The van der Waals surface area contributed by atoms with Gasteiger partial charge in [0.25, 0.3) is 0 Å². The van der Waals surface area contributed by atoms with Crippen LogP contribution in [0, 0.1) is 13.8 Å². The van der Waals surface area contributed by atoms with Crippen LogP contribution < -0.4 is 5.32 Å². The molecule has 0 radical (unpaired) electrons. The summed E-state index contributed by atoms with van der Waals surface area (Å²) in [6.45, 7) is 6.47. The second-order valence-electron chi connectivity index (χ2n) is 4.80. The van der Waals surface area contributed by atoms with Gasteiger partial charge >= 0.3 is 0 Å². The molecule has 2 aromatic rings. The van der Waals surface area contributed by atoms with Crippen LogP contribution in [0.4, 0.5) is 5.82 Å². The van der Waals surface area contributed by atoms with E-state index in [0.29, 0.717) is 0 Å². The number of hydrogen-bond donors (Lipinski definition) is 1. The molecule has 0 bridgehead atoms. The third-order valence-electron chi connectivity index (χ3n) is 3.54. The molecule has 0 fully saturated rings. The van der Waals surface area contributed by atoms with E-state index in [-0.39, 0.29) is 0 Å². The Morgan fingerprint density at radius 1 is 1.16 bits per heavy atom. The van der Waals surface area contributed by atoms with E-state index in [1.807, 2.05) is 7.05 Å². The number of anilines is 1. The van der Waals surface area contributed by atoms with Gasteiger partial charge in [0, 0.05) is 18.2 Å². The number of benzene rings is 1. The van der Waals surface area contributed by atoms with E-state index in [1.54, 1.807) is 6.33 Å². The van der Waals surface area contributed by atoms with E-state index in [4.69, 9.17) is 0 Å². The third-order valence-corrected chi connectivity index (χ3v) is 3.54. The Morgan fingerprint density at radius 3 is 2.63 bits per heavy atom. The second-order valence-corrected chi connectivity index (χ2v) is 4.80. The van der Waals surface area contributed by atoms with Crippen LogP contribution in [0.3, 0.4) is 0 Å². The summed E-state index contributed by atoms with van der Waals surface area (Å²) in [4.78, 5) is 8.86. The lowest BCUT2D eigenvalue weighted by Crippen LogP contribution is -2.04. The maximum absolute atomic E-state index is 4.53. The van der Waals surface area contributed by atoms with E-state index in [0.717, 1.165) is 24.4 Å². The molecule has 0 atom stereocenters. The first-order valence-electron chi connectivity index (χ1n) is 6.77. The Hall–Kier alpha value is -1.90. The standard InChI is InChI=1S/C16H21N3/c1-5-7-14-15(18-10-19-16(14)17-4)13-9-6-8-11(2)12(13)3/h6,8-10H,5,7H2,1-4H3,(H,17,18,19). The number of rotatable bonds is 4. The zero-order valence-electron chi connectivity index (χ0n) is 12.1. The summed E-state index contributed by atoms with van der Waals surface area (Å²) in [5.41, 5.74) is 6.07. The monoisotopic (exact) mass is 255 g/mol. The molecule has 0 spiro atoms.